The number of rotatable bonds is 1. The first-order valence-corrected chi connectivity index (χ1v) is 3.21. The van der Waals surface area contributed by atoms with Gasteiger partial charge in [0.15, 0.2) is 5.88 Å². The summed E-state index contributed by atoms with van der Waals surface area (Å²) in [6, 6.07) is 2.20. The third-order valence-electron chi connectivity index (χ3n) is 1.08. The second kappa shape index (κ2) is 2.79. The molecule has 1 aromatic heterocycles. The monoisotopic (exact) mass is 171 g/mol. The number of aromatic hydroxyl groups is 1. The molecule has 4 nitrogen and oxygen atoms in total. The fourth-order valence-corrected chi connectivity index (χ4v) is 0.781. The van der Waals surface area contributed by atoms with Crippen LogP contribution in [0.3, 0.4) is 0 Å². The molecular formula is C6H5NO3S. The molecule has 1 heterocycles. The summed E-state index contributed by atoms with van der Waals surface area (Å²) in [5.74, 6) is -0.338. The van der Waals surface area contributed by atoms with E-state index in [1.54, 1.807) is 0 Å². The van der Waals surface area contributed by atoms with E-state index in [1.807, 2.05) is 0 Å². The SMILES string of the molecule is O=C(S)c1cc(O)[nH]c(=O)c1. The third kappa shape index (κ3) is 1.84. The van der Waals surface area contributed by atoms with Gasteiger partial charge in [0.05, 0.1) is 0 Å². The summed E-state index contributed by atoms with van der Waals surface area (Å²) < 4.78 is 0. The summed E-state index contributed by atoms with van der Waals surface area (Å²) >= 11 is 3.48. The van der Waals surface area contributed by atoms with E-state index in [0.29, 0.717) is 0 Å². The van der Waals surface area contributed by atoms with Gasteiger partial charge < -0.3 is 5.11 Å². The van der Waals surface area contributed by atoms with Gasteiger partial charge in [-0.2, -0.15) is 0 Å². The van der Waals surface area contributed by atoms with Gasteiger partial charge in [-0.1, -0.05) is 0 Å². The number of nitrogens with one attached hydrogen (secondary N) is 1. The Kier molecular flexibility index (Phi) is 2.00. The molecule has 0 aliphatic carbocycles. The Morgan fingerprint density at radius 3 is 2.64 bits per heavy atom. The zero-order valence-corrected chi connectivity index (χ0v) is 6.26. The van der Waals surface area contributed by atoms with E-state index in [4.69, 9.17) is 5.11 Å². The predicted octanol–water partition coefficient (Wildman–Crippen LogP) is 0.150. The first kappa shape index (κ1) is 7.87. The molecule has 0 saturated heterocycles. The number of aromatic nitrogens is 1. The van der Waals surface area contributed by atoms with Crippen LogP contribution in [0.1, 0.15) is 10.4 Å². The molecule has 0 spiro atoms. The molecule has 2 N–H and O–H groups in total. The van der Waals surface area contributed by atoms with Gasteiger partial charge in [-0.15, -0.1) is 12.6 Å². The molecule has 0 bridgehead atoms. The number of carbonyl (C=O) groups is 1. The predicted molar refractivity (Wildman–Crippen MR) is 42.0 cm³/mol. The first-order chi connectivity index (χ1) is 5.09. The highest BCUT2D eigenvalue weighted by molar-refractivity contribution is 7.97. The van der Waals surface area contributed by atoms with Gasteiger partial charge in [0, 0.05) is 17.7 Å². The molecule has 0 aromatic carbocycles. The number of pyridine rings is 1. The van der Waals surface area contributed by atoms with Crippen LogP contribution in [0.15, 0.2) is 16.9 Å². The summed E-state index contributed by atoms with van der Waals surface area (Å²) in [6.07, 6.45) is 0. The van der Waals surface area contributed by atoms with Gasteiger partial charge in [-0.3, -0.25) is 14.6 Å². The molecule has 0 aliphatic heterocycles. The topological polar surface area (TPSA) is 70.2 Å². The van der Waals surface area contributed by atoms with Crippen molar-refractivity contribution in [1.82, 2.24) is 4.98 Å². The van der Waals surface area contributed by atoms with Gasteiger partial charge in [0.1, 0.15) is 0 Å². The molecule has 0 unspecified atom stereocenters. The Bertz CT molecular complexity index is 344. The number of carbonyl (C=O) groups excluding carboxylic acids is 1. The Balaban J connectivity index is 3.30. The third-order valence-corrected chi connectivity index (χ3v) is 1.34. The number of aromatic amines is 1. The lowest BCUT2D eigenvalue weighted by Gasteiger charge is -1.93. The number of thiol groups is 1. The highest BCUT2D eigenvalue weighted by Gasteiger charge is 2.02. The van der Waals surface area contributed by atoms with Gasteiger partial charge in [-0.25, -0.2) is 0 Å². The van der Waals surface area contributed by atoms with Gasteiger partial charge in [0.2, 0.25) is 5.12 Å². The maximum absolute atomic E-state index is 10.6. The zero-order chi connectivity index (χ0) is 8.43. The highest BCUT2D eigenvalue weighted by atomic mass is 32.1. The quantitative estimate of drug-likeness (QED) is 0.527. The van der Waals surface area contributed by atoms with Gasteiger partial charge in [0.25, 0.3) is 5.56 Å². The average Bonchev–Trinajstić information content (AvgIpc) is 1.85. The van der Waals surface area contributed by atoms with Crippen LogP contribution in [0.4, 0.5) is 0 Å². The maximum atomic E-state index is 10.6. The van der Waals surface area contributed by atoms with Crippen LogP contribution in [0.5, 0.6) is 5.88 Å². The van der Waals surface area contributed by atoms with Crippen LogP contribution >= 0.6 is 12.6 Å². The lowest BCUT2D eigenvalue weighted by Crippen LogP contribution is -2.06. The van der Waals surface area contributed by atoms with E-state index in [-0.39, 0.29) is 11.4 Å². The molecule has 0 saturated carbocycles. The molecule has 1 rings (SSSR count). The van der Waals surface area contributed by atoms with Crippen molar-refractivity contribution in [2.45, 2.75) is 0 Å². The minimum atomic E-state index is -0.550. The summed E-state index contributed by atoms with van der Waals surface area (Å²) in [4.78, 5) is 23.2. The zero-order valence-electron chi connectivity index (χ0n) is 5.37. The molecule has 1 aromatic rings. The summed E-state index contributed by atoms with van der Waals surface area (Å²) in [7, 11) is 0. The maximum Gasteiger partial charge on any atom is 0.251 e. The fraction of sp³-hybridized carbons (Fsp3) is 0. The van der Waals surface area contributed by atoms with Crippen molar-refractivity contribution >= 4 is 17.7 Å². The van der Waals surface area contributed by atoms with E-state index < -0.39 is 10.7 Å². The van der Waals surface area contributed by atoms with Crippen molar-refractivity contribution in [2.75, 3.05) is 0 Å². The molecule has 0 radical (unpaired) electrons. The average molecular weight is 171 g/mol. The Labute approximate surface area is 67.3 Å². The number of hydrogen-bond acceptors (Lipinski definition) is 3. The number of hydrogen-bond donors (Lipinski definition) is 3. The second-order valence-electron chi connectivity index (χ2n) is 1.92. The second-order valence-corrected chi connectivity index (χ2v) is 2.33. The number of H-pyrrole nitrogens is 1. The van der Waals surface area contributed by atoms with Crippen molar-refractivity contribution in [3.05, 3.63) is 28.0 Å². The summed E-state index contributed by atoms with van der Waals surface area (Å²) in [5, 5.41) is 8.25. The van der Waals surface area contributed by atoms with E-state index in [1.165, 1.54) is 0 Å². The Morgan fingerprint density at radius 2 is 2.18 bits per heavy atom. The van der Waals surface area contributed by atoms with Crippen LogP contribution in [0.2, 0.25) is 0 Å². The van der Waals surface area contributed by atoms with Gasteiger partial charge in [-0.05, 0) is 0 Å². The van der Waals surface area contributed by atoms with E-state index in [0.717, 1.165) is 12.1 Å². The van der Waals surface area contributed by atoms with E-state index in [9.17, 15) is 9.59 Å². The minimum Gasteiger partial charge on any atom is -0.494 e. The van der Waals surface area contributed by atoms with Crippen molar-refractivity contribution in [2.24, 2.45) is 0 Å². The normalized spacial score (nSPS) is 9.55. The van der Waals surface area contributed by atoms with Gasteiger partial charge >= 0.3 is 0 Å². The van der Waals surface area contributed by atoms with Crippen LogP contribution < -0.4 is 5.56 Å². The molecule has 0 amide bonds. The smallest absolute Gasteiger partial charge is 0.251 e. The lowest BCUT2D eigenvalue weighted by molar-refractivity contribution is 0.109. The molecule has 0 aliphatic rings. The van der Waals surface area contributed by atoms with E-state index in [2.05, 4.69) is 17.6 Å². The van der Waals surface area contributed by atoms with Crippen LogP contribution in [-0.2, 0) is 0 Å². The first-order valence-electron chi connectivity index (χ1n) is 2.76. The Hall–Kier alpha value is -1.23. The molecular weight excluding hydrogens is 166 g/mol. The minimum absolute atomic E-state index is 0.0783. The van der Waals surface area contributed by atoms with Crippen molar-refractivity contribution < 1.29 is 9.90 Å². The van der Waals surface area contributed by atoms with Crippen LogP contribution in [-0.4, -0.2) is 15.2 Å². The fourth-order valence-electron chi connectivity index (χ4n) is 0.652. The lowest BCUT2D eigenvalue weighted by atomic mass is 10.3. The van der Waals surface area contributed by atoms with E-state index >= 15 is 0 Å². The van der Waals surface area contributed by atoms with Crippen molar-refractivity contribution in [3.8, 4) is 5.88 Å². The molecule has 11 heavy (non-hydrogen) atoms. The standard InChI is InChI=1S/C6H5NO3S/c8-4-1-3(6(10)11)2-5(9)7-4/h1-2H,(H,10,11)(H2,7,8,9). The molecule has 5 heteroatoms. The Morgan fingerprint density at radius 1 is 1.55 bits per heavy atom. The molecule has 0 fully saturated rings. The summed E-state index contributed by atoms with van der Waals surface area (Å²) in [6.45, 7) is 0. The van der Waals surface area contributed by atoms with Crippen molar-refractivity contribution in [3.63, 3.8) is 0 Å². The van der Waals surface area contributed by atoms with Crippen LogP contribution in [0, 0.1) is 0 Å². The largest absolute Gasteiger partial charge is 0.494 e. The summed E-state index contributed by atoms with van der Waals surface area (Å²) in [5.41, 5.74) is -0.447. The van der Waals surface area contributed by atoms with Crippen molar-refractivity contribution in [1.29, 1.82) is 0 Å². The highest BCUT2D eigenvalue weighted by Crippen LogP contribution is 2.05. The van der Waals surface area contributed by atoms with Crippen LogP contribution in [0.25, 0.3) is 0 Å². The molecule has 58 valence electrons. The molecule has 0 atom stereocenters.